The molecule has 4 aromatic heterocycles. The average molecular weight is 560 g/mol. The Bertz CT molecular complexity index is 1640. The number of methoxy groups -OCH3 is 1. The molecule has 1 aliphatic carbocycles. The fraction of sp³-hybridized carbons (Fsp3) is 0.467. The Labute approximate surface area is 238 Å². The highest BCUT2D eigenvalue weighted by molar-refractivity contribution is 5.96. The van der Waals surface area contributed by atoms with Crippen LogP contribution in [0.3, 0.4) is 0 Å². The normalized spacial score (nSPS) is 18.1. The summed E-state index contributed by atoms with van der Waals surface area (Å²) in [6, 6.07) is 9.47. The van der Waals surface area contributed by atoms with Crippen molar-refractivity contribution in [2.45, 2.75) is 58.2 Å². The maximum absolute atomic E-state index is 13.4. The molecular weight excluding hydrogens is 522 g/mol. The SMILES string of the molecule is CNC(=O)C(C)Oc1ccc2cc(-c3nc4cc(C(=O)N5CCCC(N)C5)cc(OC)n4c3C)n(CC3CC3)c2n1. The maximum Gasteiger partial charge on any atom is 0.260 e. The van der Waals surface area contributed by atoms with Crippen LogP contribution in [0.2, 0.25) is 0 Å². The van der Waals surface area contributed by atoms with E-state index >= 15 is 0 Å². The second-order valence-corrected chi connectivity index (χ2v) is 11.2. The Morgan fingerprint density at radius 2 is 1.98 bits per heavy atom. The summed E-state index contributed by atoms with van der Waals surface area (Å²) in [6.45, 7) is 5.76. The van der Waals surface area contributed by atoms with Gasteiger partial charge in [0.25, 0.3) is 11.8 Å². The molecule has 1 saturated heterocycles. The molecule has 2 atom stereocenters. The van der Waals surface area contributed by atoms with E-state index in [2.05, 4.69) is 16.0 Å². The van der Waals surface area contributed by atoms with Crippen molar-refractivity contribution in [1.29, 1.82) is 0 Å². The Morgan fingerprint density at radius 1 is 1.17 bits per heavy atom. The summed E-state index contributed by atoms with van der Waals surface area (Å²) in [4.78, 5) is 37.1. The predicted octanol–water partition coefficient (Wildman–Crippen LogP) is 3.15. The van der Waals surface area contributed by atoms with Crippen LogP contribution >= 0.6 is 0 Å². The molecule has 41 heavy (non-hydrogen) atoms. The highest BCUT2D eigenvalue weighted by atomic mass is 16.5. The Balaban J connectivity index is 1.43. The lowest BCUT2D eigenvalue weighted by Crippen LogP contribution is -2.45. The van der Waals surface area contributed by atoms with Gasteiger partial charge >= 0.3 is 0 Å². The van der Waals surface area contributed by atoms with Gasteiger partial charge in [0.05, 0.1) is 18.5 Å². The fourth-order valence-electron chi connectivity index (χ4n) is 5.72. The number of nitrogens with zero attached hydrogens (tertiary/aromatic N) is 5. The number of piperidine rings is 1. The number of carbonyl (C=O) groups excluding carboxylic acids is 2. The molecule has 0 aromatic carbocycles. The van der Waals surface area contributed by atoms with Crippen molar-refractivity contribution < 1.29 is 19.1 Å². The minimum Gasteiger partial charge on any atom is -0.482 e. The Morgan fingerprint density at radius 3 is 2.68 bits per heavy atom. The number of fused-ring (bicyclic) bond motifs is 2. The molecule has 4 aromatic rings. The summed E-state index contributed by atoms with van der Waals surface area (Å²) in [5.74, 6) is 1.24. The van der Waals surface area contributed by atoms with Crippen molar-refractivity contribution in [1.82, 2.24) is 29.2 Å². The number of ether oxygens (including phenoxy) is 2. The fourth-order valence-corrected chi connectivity index (χ4v) is 5.72. The van der Waals surface area contributed by atoms with Gasteiger partial charge in [-0.2, -0.15) is 4.98 Å². The molecule has 3 N–H and O–H groups in total. The first-order chi connectivity index (χ1) is 19.8. The molecule has 216 valence electrons. The van der Waals surface area contributed by atoms with E-state index in [4.69, 9.17) is 25.2 Å². The zero-order valence-electron chi connectivity index (χ0n) is 24.0. The number of nitrogens with two attached hydrogens (primary N) is 1. The molecule has 0 spiro atoms. The number of amides is 2. The summed E-state index contributed by atoms with van der Waals surface area (Å²) >= 11 is 0. The molecule has 5 heterocycles. The van der Waals surface area contributed by atoms with E-state index in [1.54, 1.807) is 33.2 Å². The highest BCUT2D eigenvalue weighted by Crippen LogP contribution is 2.37. The van der Waals surface area contributed by atoms with E-state index in [9.17, 15) is 9.59 Å². The summed E-state index contributed by atoms with van der Waals surface area (Å²) in [5, 5.41) is 3.57. The van der Waals surface area contributed by atoms with Crippen molar-refractivity contribution in [3.8, 4) is 23.1 Å². The number of nitrogens with one attached hydrogen (secondary N) is 1. The van der Waals surface area contributed by atoms with Gasteiger partial charge in [-0.15, -0.1) is 0 Å². The van der Waals surface area contributed by atoms with Crippen molar-refractivity contribution in [2.75, 3.05) is 27.2 Å². The number of aromatic nitrogens is 4. The van der Waals surface area contributed by atoms with Gasteiger partial charge in [0.2, 0.25) is 5.88 Å². The average Bonchev–Trinajstić information content (AvgIpc) is 3.65. The number of imidazole rings is 1. The molecular formula is C30H37N7O4. The summed E-state index contributed by atoms with van der Waals surface area (Å²) in [7, 11) is 3.19. The third kappa shape index (κ3) is 5.10. The standard InChI is InChI=1S/C30H37N7O4/c1-17-27(33-24-13-21(14-26(40-4)37(17)24)30(39)35-11-5-6-22(31)16-35)23-12-20-9-10-25(41-18(2)29(38)32-3)34-28(20)36(23)15-19-7-8-19/h9-10,12-14,18-19,22H,5-8,11,15-16,31H2,1-4H3,(H,32,38). The number of carbonyl (C=O) groups is 2. The third-order valence-corrected chi connectivity index (χ3v) is 8.13. The van der Waals surface area contributed by atoms with Crippen LogP contribution in [0, 0.1) is 12.8 Å². The van der Waals surface area contributed by atoms with Crippen LogP contribution in [0.1, 0.15) is 48.7 Å². The van der Waals surface area contributed by atoms with E-state index in [0.717, 1.165) is 47.5 Å². The Kier molecular flexibility index (Phi) is 7.06. The zero-order chi connectivity index (χ0) is 28.8. The minimum atomic E-state index is -0.665. The van der Waals surface area contributed by atoms with E-state index in [1.165, 1.54) is 12.8 Å². The van der Waals surface area contributed by atoms with Crippen LogP contribution in [-0.4, -0.2) is 75.0 Å². The predicted molar refractivity (Wildman–Crippen MR) is 155 cm³/mol. The number of hydrogen-bond acceptors (Lipinski definition) is 7. The topological polar surface area (TPSA) is 129 Å². The molecule has 0 radical (unpaired) electrons. The first-order valence-corrected chi connectivity index (χ1v) is 14.3. The second-order valence-electron chi connectivity index (χ2n) is 11.2. The maximum atomic E-state index is 13.4. The van der Waals surface area contributed by atoms with Gasteiger partial charge in [-0.25, -0.2) is 4.98 Å². The van der Waals surface area contributed by atoms with Crippen molar-refractivity contribution in [3.63, 3.8) is 0 Å². The molecule has 11 heteroatoms. The van der Waals surface area contributed by atoms with Crippen molar-refractivity contribution in [2.24, 2.45) is 11.7 Å². The van der Waals surface area contributed by atoms with Crippen LogP contribution in [-0.2, 0) is 11.3 Å². The smallest absolute Gasteiger partial charge is 0.260 e. The molecule has 2 aliphatic rings. The summed E-state index contributed by atoms with van der Waals surface area (Å²) in [6.07, 6.45) is 3.51. The highest BCUT2D eigenvalue weighted by Gasteiger charge is 2.28. The molecule has 2 unspecified atom stereocenters. The number of rotatable bonds is 8. The third-order valence-electron chi connectivity index (χ3n) is 8.13. The van der Waals surface area contributed by atoms with Crippen molar-refractivity contribution in [3.05, 3.63) is 41.6 Å². The first kappa shape index (κ1) is 27.1. The van der Waals surface area contributed by atoms with E-state index in [-0.39, 0.29) is 17.9 Å². The van der Waals surface area contributed by atoms with Crippen LogP contribution in [0.15, 0.2) is 30.3 Å². The van der Waals surface area contributed by atoms with Gasteiger partial charge in [-0.05, 0) is 63.6 Å². The number of likely N-dealkylation sites (tertiary alicyclic amines) is 1. The van der Waals surface area contributed by atoms with Gasteiger partial charge in [-0.1, -0.05) is 0 Å². The van der Waals surface area contributed by atoms with Gasteiger partial charge in [0.1, 0.15) is 17.0 Å². The van der Waals surface area contributed by atoms with Crippen LogP contribution < -0.4 is 20.5 Å². The summed E-state index contributed by atoms with van der Waals surface area (Å²) < 4.78 is 15.8. The summed E-state index contributed by atoms with van der Waals surface area (Å²) in [5.41, 5.74) is 10.7. The largest absolute Gasteiger partial charge is 0.482 e. The lowest BCUT2D eigenvalue weighted by molar-refractivity contribution is -0.126. The second kappa shape index (κ2) is 10.7. The zero-order valence-corrected chi connectivity index (χ0v) is 24.0. The van der Waals surface area contributed by atoms with Gasteiger partial charge in [0, 0.05) is 55.8 Å². The van der Waals surface area contributed by atoms with Crippen molar-refractivity contribution >= 4 is 28.5 Å². The minimum absolute atomic E-state index is 0.00137. The van der Waals surface area contributed by atoms with Gasteiger partial charge in [0.15, 0.2) is 12.0 Å². The van der Waals surface area contributed by atoms with Gasteiger partial charge in [-0.3, -0.25) is 14.0 Å². The number of likely N-dealkylation sites (N-methyl/N-ethyl adjacent to an activating group) is 1. The molecule has 6 rings (SSSR count). The quantitative estimate of drug-likeness (QED) is 0.339. The molecule has 1 saturated carbocycles. The molecule has 0 bridgehead atoms. The Hall–Kier alpha value is -4.12. The number of hydrogen-bond donors (Lipinski definition) is 2. The first-order valence-electron chi connectivity index (χ1n) is 14.3. The molecule has 1 aliphatic heterocycles. The monoisotopic (exact) mass is 559 g/mol. The lowest BCUT2D eigenvalue weighted by Gasteiger charge is -2.30. The van der Waals surface area contributed by atoms with E-state index < -0.39 is 6.10 Å². The van der Waals surface area contributed by atoms with Crippen LogP contribution in [0.25, 0.3) is 28.1 Å². The molecule has 2 fully saturated rings. The van der Waals surface area contributed by atoms with Crippen LogP contribution in [0.5, 0.6) is 11.8 Å². The van der Waals surface area contributed by atoms with Crippen LogP contribution in [0.4, 0.5) is 0 Å². The number of aryl methyl sites for hydroxylation is 1. The van der Waals surface area contributed by atoms with E-state index in [0.29, 0.717) is 42.0 Å². The lowest BCUT2D eigenvalue weighted by atomic mass is 10.1. The van der Waals surface area contributed by atoms with Gasteiger partial charge < -0.3 is 30.0 Å². The van der Waals surface area contributed by atoms with E-state index in [1.807, 2.05) is 28.4 Å². The number of pyridine rings is 2. The molecule has 11 nitrogen and oxygen atoms in total. The molecule has 2 amide bonds.